The number of hydrogen-bond donors (Lipinski definition) is 2. The van der Waals surface area contributed by atoms with Gasteiger partial charge in [-0.1, -0.05) is 54.6 Å². The Kier molecular flexibility index (Phi) is 5.61. The molecule has 0 aliphatic carbocycles. The summed E-state index contributed by atoms with van der Waals surface area (Å²) in [4.78, 5) is 8.98. The molecule has 0 aliphatic rings. The summed E-state index contributed by atoms with van der Waals surface area (Å²) in [5.74, 6) is 1.18. The molecule has 0 bridgehead atoms. The minimum atomic E-state index is 0.0636. The van der Waals surface area contributed by atoms with Crippen LogP contribution in [0.15, 0.2) is 85.2 Å². The third kappa shape index (κ3) is 4.25. The molecule has 1 heterocycles. The normalized spacial score (nSPS) is 11.7. The Bertz CT molecular complexity index is 1130. The Hall–Kier alpha value is -3.86. The van der Waals surface area contributed by atoms with Gasteiger partial charge in [0.2, 0.25) is 0 Å². The lowest BCUT2D eigenvalue weighted by Gasteiger charge is -2.16. The second-order valence-corrected chi connectivity index (χ2v) is 7.03. The lowest BCUT2D eigenvalue weighted by molar-refractivity contribution is 0.373. The number of ether oxygens (including phenoxy) is 1. The molecule has 5 nitrogen and oxygen atoms in total. The summed E-state index contributed by atoms with van der Waals surface area (Å²) >= 11 is 0. The zero-order chi connectivity index (χ0) is 20.9. The third-order valence-corrected chi connectivity index (χ3v) is 4.99. The monoisotopic (exact) mass is 397 g/mol. The molecular weight excluding hydrogens is 374 g/mol. The van der Waals surface area contributed by atoms with E-state index < -0.39 is 0 Å². The predicted octanol–water partition coefficient (Wildman–Crippen LogP) is 5.70. The van der Waals surface area contributed by atoms with Crippen molar-refractivity contribution in [3.8, 4) is 33.9 Å². The van der Waals surface area contributed by atoms with Crippen LogP contribution >= 0.6 is 0 Å². The number of phenolic OH excluding ortho intramolecular Hbond substituents is 1. The maximum Gasteiger partial charge on any atom is 0.161 e. The quantitative estimate of drug-likeness (QED) is 0.437. The molecule has 0 saturated carbocycles. The maximum absolute atomic E-state index is 9.80. The fourth-order valence-corrected chi connectivity index (χ4v) is 3.31. The molecule has 3 aromatic carbocycles. The van der Waals surface area contributed by atoms with E-state index in [9.17, 15) is 5.11 Å². The van der Waals surface area contributed by atoms with E-state index in [4.69, 9.17) is 4.74 Å². The highest BCUT2D eigenvalue weighted by Crippen LogP contribution is 2.31. The second-order valence-electron chi connectivity index (χ2n) is 7.03. The van der Waals surface area contributed by atoms with Crippen LogP contribution in [0.3, 0.4) is 0 Å². The van der Waals surface area contributed by atoms with E-state index in [1.54, 1.807) is 30.6 Å². The van der Waals surface area contributed by atoms with Gasteiger partial charge in [-0.05, 0) is 41.8 Å². The second kappa shape index (κ2) is 8.66. The predicted molar refractivity (Wildman–Crippen MR) is 120 cm³/mol. The summed E-state index contributed by atoms with van der Waals surface area (Å²) < 4.78 is 5.19. The van der Waals surface area contributed by atoms with Crippen LogP contribution in [0.5, 0.6) is 11.5 Å². The van der Waals surface area contributed by atoms with Crippen LogP contribution in [0.1, 0.15) is 18.5 Å². The van der Waals surface area contributed by atoms with Gasteiger partial charge in [-0.15, -0.1) is 0 Å². The zero-order valence-electron chi connectivity index (χ0n) is 16.9. The summed E-state index contributed by atoms with van der Waals surface area (Å²) in [7, 11) is 1.52. The van der Waals surface area contributed by atoms with Crippen LogP contribution in [0.25, 0.3) is 22.4 Å². The van der Waals surface area contributed by atoms with Crippen molar-refractivity contribution in [1.29, 1.82) is 0 Å². The van der Waals surface area contributed by atoms with Crippen molar-refractivity contribution in [2.24, 2.45) is 0 Å². The van der Waals surface area contributed by atoms with Gasteiger partial charge in [0, 0.05) is 11.6 Å². The van der Waals surface area contributed by atoms with Gasteiger partial charge in [0.05, 0.1) is 25.2 Å². The van der Waals surface area contributed by atoms with Gasteiger partial charge < -0.3 is 15.2 Å². The summed E-state index contributed by atoms with van der Waals surface area (Å²) in [6.45, 7) is 2.09. The van der Waals surface area contributed by atoms with Crippen molar-refractivity contribution in [1.82, 2.24) is 9.97 Å². The molecule has 4 rings (SSSR count). The van der Waals surface area contributed by atoms with Crippen LogP contribution < -0.4 is 10.1 Å². The summed E-state index contributed by atoms with van der Waals surface area (Å²) in [6, 6.07) is 24.0. The number of phenols is 1. The van der Waals surface area contributed by atoms with E-state index in [-0.39, 0.29) is 11.8 Å². The number of anilines is 1. The Balaban J connectivity index is 1.51. The molecule has 0 aliphatic heterocycles. The van der Waals surface area contributed by atoms with Crippen LogP contribution in [0, 0.1) is 0 Å². The largest absolute Gasteiger partial charge is 0.504 e. The molecule has 4 aromatic rings. The van der Waals surface area contributed by atoms with Crippen molar-refractivity contribution >= 4 is 5.82 Å². The number of nitrogens with one attached hydrogen (secondary N) is 1. The van der Waals surface area contributed by atoms with Gasteiger partial charge in [-0.25, -0.2) is 4.98 Å². The van der Waals surface area contributed by atoms with Gasteiger partial charge in [0.25, 0.3) is 0 Å². The number of hydrogen-bond acceptors (Lipinski definition) is 5. The lowest BCUT2D eigenvalue weighted by atomic mass is 10.0. The van der Waals surface area contributed by atoms with Crippen LogP contribution in [-0.2, 0) is 0 Å². The number of methoxy groups -OCH3 is 1. The van der Waals surface area contributed by atoms with Crippen molar-refractivity contribution < 1.29 is 9.84 Å². The van der Waals surface area contributed by atoms with Crippen LogP contribution in [-0.4, -0.2) is 22.2 Å². The Morgan fingerprint density at radius 2 is 1.57 bits per heavy atom. The van der Waals surface area contributed by atoms with E-state index in [2.05, 4.69) is 58.6 Å². The maximum atomic E-state index is 9.80. The molecule has 1 aromatic heterocycles. The summed E-state index contributed by atoms with van der Waals surface area (Å²) in [5, 5.41) is 13.2. The molecule has 0 unspecified atom stereocenters. The van der Waals surface area contributed by atoms with E-state index in [1.165, 1.54) is 18.2 Å². The first-order chi connectivity index (χ1) is 14.6. The third-order valence-electron chi connectivity index (χ3n) is 4.99. The zero-order valence-corrected chi connectivity index (χ0v) is 16.9. The Labute approximate surface area is 176 Å². The van der Waals surface area contributed by atoms with Crippen molar-refractivity contribution in [2.75, 3.05) is 12.4 Å². The van der Waals surface area contributed by atoms with Gasteiger partial charge in [0.15, 0.2) is 11.5 Å². The number of nitrogens with zero attached hydrogens (tertiary/aromatic N) is 2. The smallest absolute Gasteiger partial charge is 0.161 e. The van der Waals surface area contributed by atoms with Crippen molar-refractivity contribution in [3.63, 3.8) is 0 Å². The van der Waals surface area contributed by atoms with E-state index >= 15 is 0 Å². The van der Waals surface area contributed by atoms with Gasteiger partial charge in [-0.3, -0.25) is 4.98 Å². The molecular formula is C25H23N3O2. The molecule has 0 radical (unpaired) electrons. The standard InChI is InChI=1S/C25H23N3O2/c1-17(18-8-10-20(11-9-18)19-6-4-3-5-7-19)27-25-16-26-15-22(28-25)21-12-13-23(29)24(14-21)30-2/h3-17,29H,1-2H3,(H,27,28)/t17-/m1/s1. The molecule has 5 heteroatoms. The average Bonchev–Trinajstić information content (AvgIpc) is 2.80. The molecule has 0 saturated heterocycles. The Morgan fingerprint density at radius 3 is 2.30 bits per heavy atom. The summed E-state index contributed by atoms with van der Waals surface area (Å²) in [6.07, 6.45) is 3.40. The molecule has 0 amide bonds. The molecule has 150 valence electrons. The average molecular weight is 397 g/mol. The number of benzene rings is 3. The number of rotatable bonds is 6. The van der Waals surface area contributed by atoms with Gasteiger partial charge in [-0.2, -0.15) is 0 Å². The highest BCUT2D eigenvalue weighted by Gasteiger charge is 2.10. The van der Waals surface area contributed by atoms with Crippen molar-refractivity contribution in [3.05, 3.63) is 90.8 Å². The molecule has 0 fully saturated rings. The fourth-order valence-electron chi connectivity index (χ4n) is 3.31. The van der Waals surface area contributed by atoms with Gasteiger partial charge >= 0.3 is 0 Å². The first-order valence-electron chi connectivity index (χ1n) is 9.75. The topological polar surface area (TPSA) is 67.3 Å². The highest BCUT2D eigenvalue weighted by atomic mass is 16.5. The van der Waals surface area contributed by atoms with E-state index in [0.717, 1.165) is 11.1 Å². The Morgan fingerprint density at radius 1 is 0.867 bits per heavy atom. The number of aromatic hydroxyl groups is 1. The van der Waals surface area contributed by atoms with E-state index in [1.807, 2.05) is 18.2 Å². The molecule has 30 heavy (non-hydrogen) atoms. The molecule has 2 N–H and O–H groups in total. The summed E-state index contributed by atoms with van der Waals surface area (Å²) in [5.41, 5.74) is 5.07. The SMILES string of the molecule is COc1cc(-c2cncc(N[C@H](C)c3ccc(-c4ccccc4)cc3)n2)ccc1O. The fraction of sp³-hybridized carbons (Fsp3) is 0.120. The first kappa shape index (κ1) is 19.5. The van der Waals surface area contributed by atoms with Crippen LogP contribution in [0.2, 0.25) is 0 Å². The van der Waals surface area contributed by atoms with Crippen molar-refractivity contribution in [2.45, 2.75) is 13.0 Å². The molecule has 1 atom stereocenters. The first-order valence-corrected chi connectivity index (χ1v) is 9.75. The lowest BCUT2D eigenvalue weighted by Crippen LogP contribution is -2.08. The minimum Gasteiger partial charge on any atom is -0.504 e. The minimum absolute atomic E-state index is 0.0636. The number of aromatic nitrogens is 2. The van der Waals surface area contributed by atoms with Crippen LogP contribution in [0.4, 0.5) is 5.82 Å². The molecule has 0 spiro atoms. The highest BCUT2D eigenvalue weighted by molar-refractivity contribution is 5.65. The van der Waals surface area contributed by atoms with Gasteiger partial charge in [0.1, 0.15) is 5.82 Å². The van der Waals surface area contributed by atoms with E-state index in [0.29, 0.717) is 17.3 Å².